The van der Waals surface area contributed by atoms with Crippen LogP contribution in [0, 0.1) is 5.82 Å². The number of hydrogen-bond acceptors (Lipinski definition) is 4. The van der Waals surface area contributed by atoms with Crippen LogP contribution in [-0.4, -0.2) is 50.7 Å². The normalized spacial score (nSPS) is 14.9. The van der Waals surface area contributed by atoms with Gasteiger partial charge in [0.25, 0.3) is 0 Å². The van der Waals surface area contributed by atoms with Crippen molar-refractivity contribution in [3.63, 3.8) is 0 Å². The summed E-state index contributed by atoms with van der Waals surface area (Å²) < 4.78 is 17.0. The molecule has 5 rings (SSSR count). The number of aromatic nitrogens is 1. The number of benzene rings is 3. The van der Waals surface area contributed by atoms with Crippen molar-refractivity contribution in [3.8, 4) is 11.1 Å². The summed E-state index contributed by atoms with van der Waals surface area (Å²) in [7, 11) is 0. The molecule has 0 bridgehead atoms. The van der Waals surface area contributed by atoms with Gasteiger partial charge < -0.3 is 19.9 Å². The minimum atomic E-state index is -1.13. The highest BCUT2D eigenvalue weighted by molar-refractivity contribution is 6.33. The van der Waals surface area contributed by atoms with Crippen molar-refractivity contribution in [1.82, 2.24) is 9.47 Å². The van der Waals surface area contributed by atoms with E-state index in [1.165, 1.54) is 36.2 Å². The standard InChI is InChI=1S/C30H25ClFN3O5/c1-17(36)22-15-34(25-12-11-18(30(39)40)14-21(22)25)16-27(37)35-13-5-10-26(35)29(38)33-24-9-4-7-20(28(24)32)19-6-2-3-8-23(19)31/h2-4,6-9,11-12,14-15,26H,5,10,13,16H2,1H3,(H,33,38)(H,39,40). The first kappa shape index (κ1) is 27.1. The number of anilines is 1. The number of ketones is 1. The molecule has 3 aromatic carbocycles. The molecule has 1 atom stereocenters. The van der Waals surface area contributed by atoms with Gasteiger partial charge in [-0.15, -0.1) is 0 Å². The molecular weight excluding hydrogens is 537 g/mol. The first-order chi connectivity index (χ1) is 19.2. The SMILES string of the molecule is CC(=O)c1cn(CC(=O)N2CCCC2C(=O)Nc2cccc(-c3ccccc3Cl)c2F)c2ccc(C(=O)O)cc12. The lowest BCUT2D eigenvalue weighted by molar-refractivity contribution is -0.137. The molecule has 8 nitrogen and oxygen atoms in total. The summed E-state index contributed by atoms with van der Waals surface area (Å²) in [5.41, 5.74) is 1.58. The number of fused-ring (bicyclic) bond motifs is 1. The lowest BCUT2D eigenvalue weighted by Crippen LogP contribution is -2.44. The number of halogens is 2. The number of aromatic carboxylic acids is 1. The monoisotopic (exact) mass is 561 g/mol. The second-order valence-electron chi connectivity index (χ2n) is 9.65. The topological polar surface area (TPSA) is 109 Å². The molecule has 0 aliphatic carbocycles. The van der Waals surface area contributed by atoms with E-state index >= 15 is 4.39 Å². The fourth-order valence-electron chi connectivity index (χ4n) is 5.15. The van der Waals surface area contributed by atoms with E-state index in [0.29, 0.717) is 46.4 Å². The summed E-state index contributed by atoms with van der Waals surface area (Å²) in [4.78, 5) is 51.7. The van der Waals surface area contributed by atoms with Gasteiger partial charge in [-0.25, -0.2) is 9.18 Å². The number of Topliss-reactive ketones (excluding diaryl/α,β-unsaturated/α-hetero) is 1. The Morgan fingerprint density at radius 3 is 2.52 bits per heavy atom. The van der Waals surface area contributed by atoms with Crippen LogP contribution in [0.5, 0.6) is 0 Å². The molecule has 1 aliphatic rings. The van der Waals surface area contributed by atoms with Crippen LogP contribution in [0.25, 0.3) is 22.0 Å². The van der Waals surface area contributed by atoms with Gasteiger partial charge >= 0.3 is 5.97 Å². The highest BCUT2D eigenvalue weighted by Gasteiger charge is 2.35. The van der Waals surface area contributed by atoms with Gasteiger partial charge in [0.15, 0.2) is 11.6 Å². The molecule has 1 aromatic heterocycles. The van der Waals surface area contributed by atoms with Gasteiger partial charge in [-0.2, -0.15) is 0 Å². The molecule has 204 valence electrons. The predicted molar refractivity (Wildman–Crippen MR) is 149 cm³/mol. The Hall–Kier alpha value is -4.50. The van der Waals surface area contributed by atoms with Crippen LogP contribution in [0.1, 0.15) is 40.5 Å². The van der Waals surface area contributed by atoms with Gasteiger partial charge in [0.05, 0.1) is 11.3 Å². The minimum absolute atomic E-state index is 0.0153. The lowest BCUT2D eigenvalue weighted by Gasteiger charge is -2.24. The van der Waals surface area contributed by atoms with Crippen molar-refractivity contribution < 1.29 is 28.7 Å². The molecule has 0 radical (unpaired) electrons. The summed E-state index contributed by atoms with van der Waals surface area (Å²) in [5, 5.41) is 12.8. The Morgan fingerprint density at radius 2 is 1.80 bits per heavy atom. The Kier molecular flexibility index (Phi) is 7.40. The van der Waals surface area contributed by atoms with Crippen molar-refractivity contribution in [2.45, 2.75) is 32.4 Å². The van der Waals surface area contributed by atoms with E-state index in [-0.39, 0.29) is 35.0 Å². The fraction of sp³-hybridized carbons (Fsp3) is 0.200. The quantitative estimate of drug-likeness (QED) is 0.284. The largest absolute Gasteiger partial charge is 0.478 e. The lowest BCUT2D eigenvalue weighted by atomic mass is 10.0. The number of nitrogens with zero attached hydrogens (tertiary/aromatic N) is 2. The Balaban J connectivity index is 1.37. The van der Waals surface area contributed by atoms with Crippen LogP contribution < -0.4 is 5.32 Å². The first-order valence-corrected chi connectivity index (χ1v) is 13.0. The number of amides is 2. The number of carbonyl (C=O) groups is 4. The maximum atomic E-state index is 15.4. The van der Waals surface area contributed by atoms with Gasteiger partial charge in [-0.05, 0) is 50.1 Å². The van der Waals surface area contributed by atoms with E-state index in [4.69, 9.17) is 11.6 Å². The zero-order valence-electron chi connectivity index (χ0n) is 21.5. The second kappa shape index (κ2) is 10.9. The summed E-state index contributed by atoms with van der Waals surface area (Å²) in [6.45, 7) is 1.56. The van der Waals surface area contributed by atoms with E-state index in [0.717, 1.165) is 0 Å². The molecule has 10 heteroatoms. The number of carbonyl (C=O) groups excluding carboxylic acids is 3. The highest BCUT2D eigenvalue weighted by Crippen LogP contribution is 2.33. The molecule has 1 saturated heterocycles. The summed E-state index contributed by atoms with van der Waals surface area (Å²) in [6.07, 6.45) is 2.53. The Bertz CT molecular complexity index is 1680. The van der Waals surface area contributed by atoms with E-state index < -0.39 is 23.7 Å². The van der Waals surface area contributed by atoms with Crippen LogP contribution in [0.3, 0.4) is 0 Å². The molecule has 2 N–H and O–H groups in total. The van der Waals surface area contributed by atoms with E-state index in [1.54, 1.807) is 47.0 Å². The number of hydrogen-bond donors (Lipinski definition) is 2. The molecule has 1 fully saturated rings. The van der Waals surface area contributed by atoms with Crippen LogP contribution >= 0.6 is 11.6 Å². The number of likely N-dealkylation sites (tertiary alicyclic amines) is 1. The van der Waals surface area contributed by atoms with Crippen LogP contribution in [0.4, 0.5) is 10.1 Å². The first-order valence-electron chi connectivity index (χ1n) is 12.7. The van der Waals surface area contributed by atoms with E-state index in [1.807, 2.05) is 0 Å². The Morgan fingerprint density at radius 1 is 1.05 bits per heavy atom. The third-order valence-corrected chi connectivity index (χ3v) is 7.44. The molecule has 2 amide bonds. The van der Waals surface area contributed by atoms with Crippen LogP contribution in [0.15, 0.2) is 66.9 Å². The summed E-state index contributed by atoms with van der Waals surface area (Å²) in [5.74, 6) is -2.87. The van der Waals surface area contributed by atoms with Crippen molar-refractivity contribution in [3.05, 3.63) is 88.8 Å². The molecule has 0 saturated carbocycles. The smallest absolute Gasteiger partial charge is 0.335 e. The molecule has 1 unspecified atom stereocenters. The summed E-state index contributed by atoms with van der Waals surface area (Å²) >= 11 is 6.24. The predicted octanol–water partition coefficient (Wildman–Crippen LogP) is 5.63. The molecule has 4 aromatic rings. The molecule has 40 heavy (non-hydrogen) atoms. The van der Waals surface area contributed by atoms with Crippen molar-refractivity contribution in [1.29, 1.82) is 0 Å². The minimum Gasteiger partial charge on any atom is -0.478 e. The van der Waals surface area contributed by atoms with Crippen molar-refractivity contribution >= 4 is 51.8 Å². The maximum Gasteiger partial charge on any atom is 0.335 e. The zero-order chi connectivity index (χ0) is 28.6. The average Bonchev–Trinajstić information content (AvgIpc) is 3.56. The Labute approximate surface area is 234 Å². The number of nitrogens with one attached hydrogen (secondary N) is 1. The maximum absolute atomic E-state index is 15.4. The van der Waals surface area contributed by atoms with E-state index in [2.05, 4.69) is 5.32 Å². The van der Waals surface area contributed by atoms with Crippen molar-refractivity contribution in [2.24, 2.45) is 0 Å². The van der Waals surface area contributed by atoms with Crippen molar-refractivity contribution in [2.75, 3.05) is 11.9 Å². The second-order valence-corrected chi connectivity index (χ2v) is 10.1. The molecule has 0 spiro atoms. The average molecular weight is 562 g/mol. The summed E-state index contributed by atoms with van der Waals surface area (Å²) in [6, 6.07) is 15.1. The van der Waals surface area contributed by atoms with Crippen LogP contribution in [0.2, 0.25) is 5.02 Å². The van der Waals surface area contributed by atoms with E-state index in [9.17, 15) is 24.3 Å². The highest BCUT2D eigenvalue weighted by atomic mass is 35.5. The van der Waals surface area contributed by atoms with Crippen LogP contribution in [-0.2, 0) is 16.1 Å². The number of carboxylic acids is 1. The van der Waals surface area contributed by atoms with Gasteiger partial charge in [0.2, 0.25) is 11.8 Å². The molecular formula is C30H25ClFN3O5. The fourth-order valence-corrected chi connectivity index (χ4v) is 5.39. The number of rotatable bonds is 7. The zero-order valence-corrected chi connectivity index (χ0v) is 22.2. The van der Waals surface area contributed by atoms with Gasteiger partial charge in [-0.1, -0.05) is 41.9 Å². The molecule has 1 aliphatic heterocycles. The third kappa shape index (κ3) is 5.08. The van der Waals surface area contributed by atoms with Gasteiger partial charge in [0.1, 0.15) is 12.6 Å². The third-order valence-electron chi connectivity index (χ3n) is 7.11. The van der Waals surface area contributed by atoms with Gasteiger partial charge in [-0.3, -0.25) is 14.4 Å². The molecule has 2 heterocycles. The van der Waals surface area contributed by atoms with Gasteiger partial charge in [0, 0.05) is 45.4 Å². The number of carboxylic acid groups (broad SMARTS) is 1.